The summed E-state index contributed by atoms with van der Waals surface area (Å²) < 4.78 is 5.33. The lowest BCUT2D eigenvalue weighted by Crippen LogP contribution is -2.48. The molecule has 1 fully saturated rings. The second kappa shape index (κ2) is 12.0. The number of ether oxygens (including phenoxy) is 1. The Hall–Kier alpha value is -1.80. The van der Waals surface area contributed by atoms with Gasteiger partial charge in [-0.15, -0.1) is 24.0 Å². The van der Waals surface area contributed by atoms with Crippen LogP contribution in [0.2, 0.25) is 0 Å². The van der Waals surface area contributed by atoms with Crippen LogP contribution < -0.4 is 15.4 Å². The predicted octanol–water partition coefficient (Wildman–Crippen LogP) is 3.95. The highest BCUT2D eigenvalue weighted by Crippen LogP contribution is 2.18. The SMILES string of the molecule is CN=C(NCc1ccc(OC)c(C)c1)NC1CCN(Cc2ccccc2)CC1.I. The standard InChI is InChI=1S/C23H32N4O.HI/c1-18-15-20(9-10-22(18)28-3)16-25-23(24-2)26-21-11-13-27(14-12-21)17-19-7-5-4-6-8-19;/h4-10,15,21H,11-14,16-17H2,1-3H3,(H2,24,25,26);1H. The smallest absolute Gasteiger partial charge is 0.191 e. The van der Waals surface area contributed by atoms with E-state index in [0.29, 0.717) is 6.04 Å². The van der Waals surface area contributed by atoms with Crippen LogP contribution in [0.15, 0.2) is 53.5 Å². The molecular formula is C23H33IN4O. The first-order valence-electron chi connectivity index (χ1n) is 10.0. The van der Waals surface area contributed by atoms with Crippen LogP contribution in [0.5, 0.6) is 5.75 Å². The van der Waals surface area contributed by atoms with Gasteiger partial charge in [-0.1, -0.05) is 42.5 Å². The Kier molecular flexibility index (Phi) is 9.73. The number of rotatable bonds is 6. The second-order valence-corrected chi connectivity index (χ2v) is 7.41. The summed E-state index contributed by atoms with van der Waals surface area (Å²) in [5, 5.41) is 7.02. The van der Waals surface area contributed by atoms with Crippen molar-refractivity contribution in [3.05, 3.63) is 65.2 Å². The van der Waals surface area contributed by atoms with Crippen LogP contribution in [0.25, 0.3) is 0 Å². The Morgan fingerprint density at radius 1 is 1.10 bits per heavy atom. The summed E-state index contributed by atoms with van der Waals surface area (Å²) in [5.74, 6) is 1.79. The normalized spacial score (nSPS) is 15.5. The molecule has 2 N–H and O–H groups in total. The van der Waals surface area contributed by atoms with Gasteiger partial charge in [-0.25, -0.2) is 0 Å². The van der Waals surface area contributed by atoms with Gasteiger partial charge in [-0.3, -0.25) is 9.89 Å². The van der Waals surface area contributed by atoms with Gasteiger partial charge >= 0.3 is 0 Å². The molecule has 1 saturated heterocycles. The van der Waals surface area contributed by atoms with Gasteiger partial charge in [0.05, 0.1) is 7.11 Å². The zero-order valence-electron chi connectivity index (χ0n) is 17.6. The molecule has 1 aliphatic rings. The Balaban J connectivity index is 0.00000300. The number of likely N-dealkylation sites (tertiary alicyclic amines) is 1. The van der Waals surface area contributed by atoms with Gasteiger partial charge in [0.1, 0.15) is 5.75 Å². The lowest BCUT2D eigenvalue weighted by atomic mass is 10.0. The lowest BCUT2D eigenvalue weighted by molar-refractivity contribution is 0.198. The van der Waals surface area contributed by atoms with Gasteiger partial charge in [0.15, 0.2) is 5.96 Å². The summed E-state index contributed by atoms with van der Waals surface area (Å²) in [4.78, 5) is 6.93. The summed E-state index contributed by atoms with van der Waals surface area (Å²) >= 11 is 0. The molecule has 3 rings (SSSR count). The van der Waals surface area contributed by atoms with Crippen molar-refractivity contribution >= 4 is 29.9 Å². The largest absolute Gasteiger partial charge is 0.496 e. The van der Waals surface area contributed by atoms with Crippen LogP contribution in [-0.2, 0) is 13.1 Å². The molecule has 0 saturated carbocycles. The number of piperidine rings is 1. The van der Waals surface area contributed by atoms with E-state index in [-0.39, 0.29) is 24.0 Å². The fourth-order valence-corrected chi connectivity index (χ4v) is 3.70. The highest BCUT2D eigenvalue weighted by atomic mass is 127. The lowest BCUT2D eigenvalue weighted by Gasteiger charge is -2.33. The second-order valence-electron chi connectivity index (χ2n) is 7.41. The van der Waals surface area contributed by atoms with Crippen molar-refractivity contribution in [1.82, 2.24) is 15.5 Å². The van der Waals surface area contributed by atoms with E-state index >= 15 is 0 Å². The van der Waals surface area contributed by atoms with Crippen molar-refractivity contribution in [2.75, 3.05) is 27.2 Å². The van der Waals surface area contributed by atoms with Gasteiger partial charge in [0, 0.05) is 39.3 Å². The fourth-order valence-electron chi connectivity index (χ4n) is 3.70. The van der Waals surface area contributed by atoms with E-state index in [0.717, 1.165) is 56.3 Å². The van der Waals surface area contributed by atoms with E-state index in [4.69, 9.17) is 4.74 Å². The summed E-state index contributed by atoms with van der Waals surface area (Å²) in [7, 11) is 3.54. The molecule has 2 aromatic carbocycles. The Bertz CT molecular complexity index is 774. The van der Waals surface area contributed by atoms with Gasteiger partial charge < -0.3 is 15.4 Å². The number of hydrogen-bond acceptors (Lipinski definition) is 3. The maximum Gasteiger partial charge on any atom is 0.191 e. The molecule has 1 aliphatic heterocycles. The van der Waals surface area contributed by atoms with Gasteiger partial charge in [0.2, 0.25) is 0 Å². The van der Waals surface area contributed by atoms with Crippen LogP contribution in [-0.4, -0.2) is 44.1 Å². The average Bonchev–Trinajstić information content (AvgIpc) is 2.73. The highest BCUT2D eigenvalue weighted by Gasteiger charge is 2.20. The van der Waals surface area contributed by atoms with E-state index in [1.54, 1.807) is 7.11 Å². The molecule has 0 unspecified atom stereocenters. The number of nitrogens with zero attached hydrogens (tertiary/aromatic N) is 2. The molecule has 158 valence electrons. The third-order valence-corrected chi connectivity index (χ3v) is 5.32. The van der Waals surface area contributed by atoms with E-state index in [2.05, 4.69) is 69.9 Å². The fraction of sp³-hybridized carbons (Fsp3) is 0.435. The van der Waals surface area contributed by atoms with Gasteiger partial charge in [-0.05, 0) is 42.5 Å². The Morgan fingerprint density at radius 2 is 1.83 bits per heavy atom. The molecule has 0 atom stereocenters. The van der Waals surface area contributed by atoms with Crippen LogP contribution in [0.3, 0.4) is 0 Å². The first-order valence-corrected chi connectivity index (χ1v) is 10.0. The maximum absolute atomic E-state index is 5.33. The van der Waals surface area contributed by atoms with Crippen LogP contribution in [0.4, 0.5) is 0 Å². The Labute approximate surface area is 192 Å². The molecule has 5 nitrogen and oxygen atoms in total. The third kappa shape index (κ3) is 7.19. The molecule has 29 heavy (non-hydrogen) atoms. The zero-order valence-corrected chi connectivity index (χ0v) is 20.0. The predicted molar refractivity (Wildman–Crippen MR) is 131 cm³/mol. The first-order chi connectivity index (χ1) is 13.7. The van der Waals surface area contributed by atoms with Crippen molar-refractivity contribution in [2.24, 2.45) is 4.99 Å². The van der Waals surface area contributed by atoms with Crippen molar-refractivity contribution in [1.29, 1.82) is 0 Å². The molecule has 0 spiro atoms. The minimum atomic E-state index is 0. The van der Waals surface area contributed by atoms with E-state index in [1.807, 2.05) is 13.1 Å². The quantitative estimate of drug-likeness (QED) is 0.353. The van der Waals surface area contributed by atoms with E-state index in [9.17, 15) is 0 Å². The minimum absolute atomic E-state index is 0. The number of aliphatic imine (C=N–C) groups is 1. The van der Waals surface area contributed by atoms with E-state index in [1.165, 1.54) is 11.1 Å². The minimum Gasteiger partial charge on any atom is -0.496 e. The number of halogens is 1. The first kappa shape index (κ1) is 23.5. The number of methoxy groups -OCH3 is 1. The highest BCUT2D eigenvalue weighted by molar-refractivity contribution is 14.0. The summed E-state index contributed by atoms with van der Waals surface area (Å²) in [5.41, 5.74) is 3.76. The molecule has 0 bridgehead atoms. The van der Waals surface area contributed by atoms with Crippen molar-refractivity contribution in [3.8, 4) is 5.75 Å². The van der Waals surface area contributed by atoms with Crippen molar-refractivity contribution in [2.45, 2.75) is 38.9 Å². The number of aryl methyl sites for hydroxylation is 1. The van der Waals surface area contributed by atoms with Crippen LogP contribution in [0, 0.1) is 6.92 Å². The van der Waals surface area contributed by atoms with Crippen LogP contribution >= 0.6 is 24.0 Å². The third-order valence-electron chi connectivity index (χ3n) is 5.32. The molecule has 0 radical (unpaired) electrons. The van der Waals surface area contributed by atoms with Gasteiger partial charge in [-0.2, -0.15) is 0 Å². The van der Waals surface area contributed by atoms with Crippen molar-refractivity contribution in [3.63, 3.8) is 0 Å². The molecule has 2 aromatic rings. The number of nitrogens with one attached hydrogen (secondary N) is 2. The Morgan fingerprint density at radius 3 is 2.45 bits per heavy atom. The molecule has 0 amide bonds. The molecular weight excluding hydrogens is 475 g/mol. The number of hydrogen-bond donors (Lipinski definition) is 2. The van der Waals surface area contributed by atoms with Crippen LogP contribution in [0.1, 0.15) is 29.5 Å². The summed E-state index contributed by atoms with van der Waals surface area (Å²) in [6, 6.07) is 17.4. The molecule has 1 heterocycles. The maximum atomic E-state index is 5.33. The number of benzene rings is 2. The van der Waals surface area contributed by atoms with Crippen molar-refractivity contribution < 1.29 is 4.74 Å². The van der Waals surface area contributed by atoms with Gasteiger partial charge in [0.25, 0.3) is 0 Å². The summed E-state index contributed by atoms with van der Waals surface area (Å²) in [6.07, 6.45) is 2.27. The monoisotopic (exact) mass is 508 g/mol. The molecule has 0 aliphatic carbocycles. The zero-order chi connectivity index (χ0) is 19.8. The van der Waals surface area contributed by atoms with E-state index < -0.39 is 0 Å². The average molecular weight is 508 g/mol. The number of guanidine groups is 1. The molecule has 0 aromatic heterocycles. The topological polar surface area (TPSA) is 48.9 Å². The summed E-state index contributed by atoms with van der Waals surface area (Å²) in [6.45, 7) is 6.08. The molecule has 6 heteroatoms.